The molecule has 2 aromatic carbocycles. The van der Waals surface area contributed by atoms with E-state index in [1.54, 1.807) is 0 Å². The molecule has 0 saturated heterocycles. The van der Waals surface area contributed by atoms with Crippen LogP contribution in [0.4, 0.5) is 5.69 Å². The van der Waals surface area contributed by atoms with Crippen LogP contribution < -0.4 is 10.6 Å². The quantitative estimate of drug-likeness (QED) is 0.922. The summed E-state index contributed by atoms with van der Waals surface area (Å²) >= 11 is 0. The molecule has 1 aliphatic rings. The number of halogens is 1. The Bertz CT molecular complexity index is 667. The van der Waals surface area contributed by atoms with Crippen molar-refractivity contribution in [2.24, 2.45) is 5.73 Å². The Morgan fingerprint density at radius 2 is 1.91 bits per heavy atom. The van der Waals surface area contributed by atoms with E-state index in [4.69, 9.17) is 5.73 Å². The van der Waals surface area contributed by atoms with Crippen molar-refractivity contribution >= 4 is 24.0 Å². The molecule has 0 atom stereocenters. The number of aryl methyl sites for hydroxylation is 2. The highest BCUT2D eigenvalue weighted by Gasteiger charge is 2.23. The van der Waals surface area contributed by atoms with E-state index in [9.17, 15) is 4.79 Å². The van der Waals surface area contributed by atoms with Gasteiger partial charge in [-0.15, -0.1) is 12.4 Å². The summed E-state index contributed by atoms with van der Waals surface area (Å²) in [6.07, 6.45) is 2.06. The topological polar surface area (TPSA) is 46.3 Å². The fraction of sp³-hybridized carbons (Fsp3) is 0.278. The Kier molecular flexibility index (Phi) is 5.22. The van der Waals surface area contributed by atoms with Crippen LogP contribution in [0.2, 0.25) is 0 Å². The lowest BCUT2D eigenvalue weighted by atomic mass is 9.99. The SMILES string of the molecule is Cc1ccc2c(c1)N(C(=O)c1ccc(CN)cc1)CCC2.Cl. The molecule has 1 amide bonds. The van der Waals surface area contributed by atoms with Gasteiger partial charge < -0.3 is 10.6 Å². The Morgan fingerprint density at radius 3 is 2.59 bits per heavy atom. The van der Waals surface area contributed by atoms with Crippen LogP contribution >= 0.6 is 12.4 Å². The number of nitrogens with zero attached hydrogens (tertiary/aromatic N) is 1. The fourth-order valence-electron chi connectivity index (χ4n) is 2.83. The second-order valence-electron chi connectivity index (χ2n) is 5.59. The van der Waals surface area contributed by atoms with E-state index in [-0.39, 0.29) is 18.3 Å². The van der Waals surface area contributed by atoms with Gasteiger partial charge in [0.25, 0.3) is 5.91 Å². The van der Waals surface area contributed by atoms with Crippen LogP contribution in [0, 0.1) is 6.92 Å². The maximum absolute atomic E-state index is 12.8. The van der Waals surface area contributed by atoms with E-state index in [1.807, 2.05) is 29.2 Å². The summed E-state index contributed by atoms with van der Waals surface area (Å²) in [4.78, 5) is 14.7. The van der Waals surface area contributed by atoms with Gasteiger partial charge in [-0.25, -0.2) is 0 Å². The molecule has 1 heterocycles. The molecule has 3 nitrogen and oxygen atoms in total. The molecule has 0 aromatic heterocycles. The number of hydrogen-bond donors (Lipinski definition) is 1. The largest absolute Gasteiger partial charge is 0.326 e. The first kappa shape index (κ1) is 16.5. The Labute approximate surface area is 137 Å². The number of amides is 1. The summed E-state index contributed by atoms with van der Waals surface area (Å²) in [5.41, 5.74) is 10.9. The van der Waals surface area contributed by atoms with Crippen molar-refractivity contribution in [3.05, 3.63) is 64.7 Å². The molecule has 0 radical (unpaired) electrons. The number of carbonyl (C=O) groups is 1. The highest BCUT2D eigenvalue weighted by atomic mass is 35.5. The van der Waals surface area contributed by atoms with Crippen LogP contribution in [0.5, 0.6) is 0 Å². The van der Waals surface area contributed by atoms with Crippen LogP contribution in [0.3, 0.4) is 0 Å². The highest BCUT2D eigenvalue weighted by molar-refractivity contribution is 6.06. The molecular weight excluding hydrogens is 296 g/mol. The van der Waals surface area contributed by atoms with Gasteiger partial charge in [0.2, 0.25) is 0 Å². The highest BCUT2D eigenvalue weighted by Crippen LogP contribution is 2.29. The third kappa shape index (κ3) is 3.16. The van der Waals surface area contributed by atoms with Crippen molar-refractivity contribution in [2.45, 2.75) is 26.3 Å². The van der Waals surface area contributed by atoms with E-state index in [2.05, 4.69) is 25.1 Å². The first-order valence-electron chi connectivity index (χ1n) is 7.39. The molecule has 0 fully saturated rings. The lowest BCUT2D eigenvalue weighted by Gasteiger charge is -2.30. The number of nitrogens with two attached hydrogens (primary N) is 1. The maximum Gasteiger partial charge on any atom is 0.258 e. The van der Waals surface area contributed by atoms with Gasteiger partial charge >= 0.3 is 0 Å². The predicted octanol–water partition coefficient (Wildman–Crippen LogP) is 3.47. The van der Waals surface area contributed by atoms with Crippen molar-refractivity contribution in [3.8, 4) is 0 Å². The van der Waals surface area contributed by atoms with Crippen molar-refractivity contribution < 1.29 is 4.79 Å². The minimum Gasteiger partial charge on any atom is -0.326 e. The summed E-state index contributed by atoms with van der Waals surface area (Å²) in [7, 11) is 0. The Balaban J connectivity index is 0.00000176. The van der Waals surface area contributed by atoms with E-state index in [0.717, 1.165) is 36.2 Å². The molecule has 0 aliphatic carbocycles. The second-order valence-corrected chi connectivity index (χ2v) is 5.59. The van der Waals surface area contributed by atoms with Crippen LogP contribution in [0.15, 0.2) is 42.5 Å². The molecule has 116 valence electrons. The van der Waals surface area contributed by atoms with Crippen LogP contribution in [0.25, 0.3) is 0 Å². The van der Waals surface area contributed by atoms with E-state index in [0.29, 0.717) is 6.54 Å². The zero-order chi connectivity index (χ0) is 14.8. The molecule has 2 N–H and O–H groups in total. The number of fused-ring (bicyclic) bond motifs is 1. The van der Waals surface area contributed by atoms with E-state index in [1.165, 1.54) is 11.1 Å². The van der Waals surface area contributed by atoms with Crippen molar-refractivity contribution in [1.29, 1.82) is 0 Å². The molecule has 0 spiro atoms. The molecule has 3 rings (SSSR count). The minimum absolute atomic E-state index is 0. The standard InChI is InChI=1S/C18H20N2O.ClH/c1-13-4-7-15-3-2-10-20(17(15)11-13)18(21)16-8-5-14(12-19)6-9-16;/h4-9,11H,2-3,10,12,19H2,1H3;1H. The fourth-order valence-corrected chi connectivity index (χ4v) is 2.83. The molecule has 0 saturated carbocycles. The molecule has 4 heteroatoms. The third-order valence-electron chi connectivity index (χ3n) is 4.04. The van der Waals surface area contributed by atoms with Crippen molar-refractivity contribution in [3.63, 3.8) is 0 Å². The average Bonchev–Trinajstić information content (AvgIpc) is 2.53. The van der Waals surface area contributed by atoms with Gasteiger partial charge in [-0.1, -0.05) is 24.3 Å². The minimum atomic E-state index is 0. The zero-order valence-corrected chi connectivity index (χ0v) is 13.5. The summed E-state index contributed by atoms with van der Waals surface area (Å²) in [5, 5.41) is 0. The lowest BCUT2D eigenvalue weighted by molar-refractivity contribution is 0.0985. The average molecular weight is 317 g/mol. The van der Waals surface area contributed by atoms with Gasteiger partial charge in [0, 0.05) is 24.3 Å². The van der Waals surface area contributed by atoms with Gasteiger partial charge in [0.05, 0.1) is 0 Å². The van der Waals surface area contributed by atoms with Crippen LogP contribution in [-0.4, -0.2) is 12.5 Å². The maximum atomic E-state index is 12.8. The monoisotopic (exact) mass is 316 g/mol. The number of rotatable bonds is 2. The van der Waals surface area contributed by atoms with Crippen LogP contribution in [-0.2, 0) is 13.0 Å². The number of carbonyl (C=O) groups excluding carboxylic acids is 1. The molecular formula is C18H21ClN2O. The number of anilines is 1. The van der Waals surface area contributed by atoms with Gasteiger partial charge in [-0.3, -0.25) is 4.79 Å². The molecule has 2 aromatic rings. The van der Waals surface area contributed by atoms with E-state index < -0.39 is 0 Å². The summed E-state index contributed by atoms with van der Waals surface area (Å²) in [6.45, 7) is 3.35. The van der Waals surface area contributed by atoms with Crippen LogP contribution in [0.1, 0.15) is 33.5 Å². The van der Waals surface area contributed by atoms with Gasteiger partial charge in [0.1, 0.15) is 0 Å². The third-order valence-corrected chi connectivity index (χ3v) is 4.04. The molecule has 22 heavy (non-hydrogen) atoms. The number of benzene rings is 2. The first-order valence-corrected chi connectivity index (χ1v) is 7.39. The first-order chi connectivity index (χ1) is 10.2. The predicted molar refractivity (Wildman–Crippen MR) is 92.8 cm³/mol. The summed E-state index contributed by atoms with van der Waals surface area (Å²) in [6, 6.07) is 14.0. The molecule has 1 aliphatic heterocycles. The Hall–Kier alpha value is -1.84. The lowest BCUT2D eigenvalue weighted by Crippen LogP contribution is -2.35. The molecule has 0 bridgehead atoms. The number of hydrogen-bond acceptors (Lipinski definition) is 2. The smallest absolute Gasteiger partial charge is 0.258 e. The Morgan fingerprint density at radius 1 is 1.18 bits per heavy atom. The van der Waals surface area contributed by atoms with Gasteiger partial charge in [-0.05, 0) is 54.7 Å². The normalized spacial score (nSPS) is 13.3. The van der Waals surface area contributed by atoms with E-state index >= 15 is 0 Å². The van der Waals surface area contributed by atoms with Gasteiger partial charge in [-0.2, -0.15) is 0 Å². The van der Waals surface area contributed by atoms with Crippen molar-refractivity contribution in [1.82, 2.24) is 0 Å². The van der Waals surface area contributed by atoms with Crippen molar-refractivity contribution in [2.75, 3.05) is 11.4 Å². The summed E-state index contributed by atoms with van der Waals surface area (Å²) < 4.78 is 0. The second kappa shape index (κ2) is 6.95. The molecule has 0 unspecified atom stereocenters. The zero-order valence-electron chi connectivity index (χ0n) is 12.7. The summed E-state index contributed by atoms with van der Waals surface area (Å²) in [5.74, 6) is 0.0742. The van der Waals surface area contributed by atoms with Gasteiger partial charge in [0.15, 0.2) is 0 Å².